The van der Waals surface area contributed by atoms with Crippen LogP contribution in [0.5, 0.6) is 17.2 Å². The van der Waals surface area contributed by atoms with E-state index in [9.17, 15) is 9.90 Å². The summed E-state index contributed by atoms with van der Waals surface area (Å²) in [6, 6.07) is 13.9. The topological polar surface area (TPSA) is 102 Å². The van der Waals surface area contributed by atoms with E-state index in [1.165, 1.54) is 35.2 Å². The third-order valence-electron chi connectivity index (χ3n) is 13.8. The molecule has 2 aromatic carbocycles. The van der Waals surface area contributed by atoms with Gasteiger partial charge in [0.25, 0.3) is 0 Å². The highest BCUT2D eigenvalue weighted by molar-refractivity contribution is 6.30. The van der Waals surface area contributed by atoms with Gasteiger partial charge in [-0.15, -0.1) is 0 Å². The van der Waals surface area contributed by atoms with Crippen LogP contribution in [0.25, 0.3) is 0 Å². The number of hydrogen-bond donors (Lipinski definition) is 2. The number of nitrogens with zero attached hydrogens (tertiary/aromatic N) is 2. The third-order valence-corrected chi connectivity index (χ3v) is 14.0. The summed E-state index contributed by atoms with van der Waals surface area (Å²) in [6.45, 7) is 10.2. The molecule has 2 fully saturated rings. The maximum absolute atomic E-state index is 13.1. The summed E-state index contributed by atoms with van der Waals surface area (Å²) in [4.78, 5) is 20.2. The summed E-state index contributed by atoms with van der Waals surface area (Å²) < 4.78 is 25.4. The summed E-state index contributed by atoms with van der Waals surface area (Å²) in [7, 11) is 2.21. The zero-order chi connectivity index (χ0) is 38.9. The molecule has 2 N–H and O–H groups in total. The number of carboxylic acid groups (broad SMARTS) is 1. The van der Waals surface area contributed by atoms with E-state index >= 15 is 0 Å². The first kappa shape index (κ1) is 39.3. The van der Waals surface area contributed by atoms with E-state index in [0.29, 0.717) is 61.4 Å². The molecule has 3 aliphatic carbocycles. The van der Waals surface area contributed by atoms with Gasteiger partial charge >= 0.3 is 5.97 Å². The molecule has 9 nitrogen and oxygen atoms in total. The van der Waals surface area contributed by atoms with Gasteiger partial charge in [-0.05, 0) is 154 Å². The zero-order valence-corrected chi connectivity index (χ0v) is 34.3. The maximum Gasteiger partial charge on any atom is 0.329 e. The average Bonchev–Trinajstić information content (AvgIpc) is 3.31. The number of carbonyl (C=O) groups is 1. The molecular weight excluding hydrogens is 726 g/mol. The minimum atomic E-state index is -1.08. The molecule has 1 spiro atoms. The molecule has 2 unspecified atom stereocenters. The van der Waals surface area contributed by atoms with Crippen molar-refractivity contribution < 1.29 is 28.8 Å². The van der Waals surface area contributed by atoms with Gasteiger partial charge < -0.3 is 34.3 Å². The summed E-state index contributed by atoms with van der Waals surface area (Å²) in [5.74, 6) is 3.86. The van der Waals surface area contributed by atoms with Gasteiger partial charge in [-0.25, -0.2) is 4.79 Å². The third kappa shape index (κ3) is 8.23. The lowest BCUT2D eigenvalue weighted by Gasteiger charge is -2.47. The number of nitrogens with one attached hydrogen (secondary N) is 1. The number of aromatic nitrogens is 1. The molecule has 0 radical (unpaired) electrons. The Balaban J connectivity index is 1.01. The molecule has 302 valence electrons. The van der Waals surface area contributed by atoms with E-state index in [1.54, 1.807) is 0 Å². The Hall–Kier alpha value is -3.53. The Morgan fingerprint density at radius 1 is 1.04 bits per heavy atom. The van der Waals surface area contributed by atoms with Gasteiger partial charge in [0.1, 0.15) is 11.3 Å². The molecule has 3 heterocycles. The predicted molar refractivity (Wildman–Crippen MR) is 220 cm³/mol. The number of hydrogen-bond acceptors (Lipinski definition) is 8. The molecule has 0 bridgehead atoms. The van der Waals surface area contributed by atoms with Crippen LogP contribution in [-0.2, 0) is 27.8 Å². The fraction of sp³-hybridized carbons (Fsp3) is 0.609. The van der Waals surface area contributed by atoms with Crippen molar-refractivity contribution in [1.82, 2.24) is 9.88 Å². The predicted octanol–water partition coefficient (Wildman–Crippen LogP) is 8.95. The molecule has 2 aliphatic heterocycles. The van der Waals surface area contributed by atoms with Gasteiger partial charge in [-0.2, -0.15) is 0 Å². The van der Waals surface area contributed by atoms with Crippen LogP contribution in [0, 0.1) is 23.7 Å². The van der Waals surface area contributed by atoms with E-state index in [1.807, 2.05) is 36.5 Å². The van der Waals surface area contributed by atoms with E-state index in [0.717, 1.165) is 94.2 Å². The van der Waals surface area contributed by atoms with Crippen LogP contribution in [-0.4, -0.2) is 79.7 Å². The molecule has 3 aromatic rings. The number of aliphatic carboxylic acids is 1. The minimum absolute atomic E-state index is 0.184. The number of rotatable bonds is 12. The number of fused-ring (bicyclic) bond motifs is 4. The lowest BCUT2D eigenvalue weighted by molar-refractivity contribution is -0.144. The van der Waals surface area contributed by atoms with E-state index < -0.39 is 11.5 Å². The molecule has 1 saturated heterocycles. The molecule has 8 rings (SSSR count). The Morgan fingerprint density at radius 3 is 2.54 bits per heavy atom. The quantitative estimate of drug-likeness (QED) is 0.186. The van der Waals surface area contributed by atoms with Crippen LogP contribution in [0.3, 0.4) is 0 Å². The van der Waals surface area contributed by atoms with Crippen molar-refractivity contribution in [3.8, 4) is 17.2 Å². The molecule has 10 heteroatoms. The zero-order valence-electron chi connectivity index (χ0n) is 33.5. The Labute approximate surface area is 337 Å². The maximum atomic E-state index is 13.1. The van der Waals surface area contributed by atoms with Gasteiger partial charge in [0.05, 0.1) is 19.8 Å². The molecule has 1 saturated carbocycles. The van der Waals surface area contributed by atoms with Crippen molar-refractivity contribution in [1.29, 1.82) is 0 Å². The van der Waals surface area contributed by atoms with Crippen LogP contribution in [0.4, 0.5) is 5.69 Å². The Kier molecular flexibility index (Phi) is 11.8. The standard InChI is InChI=1S/C46H60ClN3O6/c1-30(27-54-40-10-17-48-39-9-4-6-31(2)43(39)40)20-35-21-34-22-41-42(56-29-33(28-55-41)26-50(3)25-32-11-18-53-19-12-32)24-38(34)45(35)13-15-46(16-14-45,44(51)52)49-37-8-5-7-36(47)23-37/h5,7-8,10,17,22-24,30-33,35,49H,4,6,9,11-16,18-21,25-29H2,1-3H3,(H,51,52)/t30-,31-,33?,35?,45?,46?/m1/s1. The van der Waals surface area contributed by atoms with Crippen LogP contribution in [0.2, 0.25) is 5.02 Å². The highest BCUT2D eigenvalue weighted by Crippen LogP contribution is 2.58. The fourth-order valence-corrected chi connectivity index (χ4v) is 11.0. The van der Waals surface area contributed by atoms with E-state index in [-0.39, 0.29) is 11.3 Å². The van der Waals surface area contributed by atoms with Crippen LogP contribution in [0.15, 0.2) is 48.7 Å². The Morgan fingerprint density at radius 2 is 1.79 bits per heavy atom. The summed E-state index contributed by atoms with van der Waals surface area (Å²) in [5.41, 5.74) is 4.57. The van der Waals surface area contributed by atoms with Crippen molar-refractivity contribution >= 4 is 23.3 Å². The smallest absolute Gasteiger partial charge is 0.329 e. The first-order chi connectivity index (χ1) is 27.1. The first-order valence-electron chi connectivity index (χ1n) is 21.2. The van der Waals surface area contributed by atoms with Crippen LogP contribution < -0.4 is 19.5 Å². The number of benzene rings is 2. The summed E-state index contributed by atoms with van der Waals surface area (Å²) in [5, 5.41) is 14.8. The summed E-state index contributed by atoms with van der Waals surface area (Å²) in [6.07, 6.45) is 12.0. The highest BCUT2D eigenvalue weighted by Gasteiger charge is 2.54. The van der Waals surface area contributed by atoms with Crippen LogP contribution in [0.1, 0.15) is 99.9 Å². The van der Waals surface area contributed by atoms with E-state index in [2.05, 4.69) is 43.2 Å². The molecule has 1 aromatic heterocycles. The number of aryl methyl sites for hydroxylation is 1. The minimum Gasteiger partial charge on any atom is -0.493 e. The second kappa shape index (κ2) is 16.8. The lowest BCUT2D eigenvalue weighted by Crippen LogP contribution is -2.53. The van der Waals surface area contributed by atoms with Crippen molar-refractivity contribution in [3.05, 3.63) is 76.1 Å². The molecule has 4 atom stereocenters. The molecule has 5 aliphatic rings. The number of carboxylic acids is 1. The van der Waals surface area contributed by atoms with Gasteiger partial charge in [-0.1, -0.05) is 31.5 Å². The fourth-order valence-electron chi connectivity index (χ4n) is 10.8. The monoisotopic (exact) mass is 785 g/mol. The number of ether oxygens (including phenoxy) is 4. The SMILES string of the molecule is C[C@@H](COc1ccnc2c1[C@H](C)CCC2)CC1Cc2cc3c(cc2C12CCC(Nc1cccc(Cl)c1)(C(=O)O)CC2)OCC(CN(C)CC1CCOCC1)CO3. The van der Waals surface area contributed by atoms with Crippen molar-refractivity contribution in [2.45, 2.75) is 101 Å². The average molecular weight is 786 g/mol. The largest absolute Gasteiger partial charge is 0.493 e. The number of halogens is 1. The highest BCUT2D eigenvalue weighted by atomic mass is 35.5. The Bertz CT molecular complexity index is 1860. The number of anilines is 1. The lowest BCUT2D eigenvalue weighted by atomic mass is 9.59. The van der Waals surface area contributed by atoms with Gasteiger partial charge in [0, 0.05) is 60.4 Å². The summed E-state index contributed by atoms with van der Waals surface area (Å²) >= 11 is 6.33. The molecule has 56 heavy (non-hydrogen) atoms. The van der Waals surface area contributed by atoms with Gasteiger partial charge in [-0.3, -0.25) is 4.98 Å². The van der Waals surface area contributed by atoms with Crippen molar-refractivity contribution in [2.75, 3.05) is 58.5 Å². The van der Waals surface area contributed by atoms with E-state index in [4.69, 9.17) is 35.5 Å². The van der Waals surface area contributed by atoms with Gasteiger partial charge in [0.2, 0.25) is 0 Å². The molecule has 0 amide bonds. The second-order valence-corrected chi connectivity index (χ2v) is 18.4. The van der Waals surface area contributed by atoms with Crippen LogP contribution >= 0.6 is 11.6 Å². The van der Waals surface area contributed by atoms with Crippen molar-refractivity contribution in [2.24, 2.45) is 23.7 Å². The molecular formula is C46H60ClN3O6. The second-order valence-electron chi connectivity index (χ2n) is 17.9. The first-order valence-corrected chi connectivity index (χ1v) is 21.6. The van der Waals surface area contributed by atoms with Crippen molar-refractivity contribution in [3.63, 3.8) is 0 Å². The van der Waals surface area contributed by atoms with Gasteiger partial charge in [0.15, 0.2) is 11.5 Å². The number of pyridine rings is 1. The normalized spacial score (nSPS) is 28.0.